The summed E-state index contributed by atoms with van der Waals surface area (Å²) in [6.07, 6.45) is 1.17. The molecule has 2 amide bonds. The van der Waals surface area contributed by atoms with Gasteiger partial charge < -0.3 is 15.0 Å². The summed E-state index contributed by atoms with van der Waals surface area (Å²) in [6.45, 7) is 7.21. The quantitative estimate of drug-likeness (QED) is 0.771. The van der Waals surface area contributed by atoms with E-state index in [-0.39, 0.29) is 23.8 Å². The number of hydrogen-bond acceptors (Lipinski definition) is 7. The second-order valence-electron chi connectivity index (χ2n) is 6.46. The summed E-state index contributed by atoms with van der Waals surface area (Å²) < 4.78 is 6.68. The van der Waals surface area contributed by atoms with Gasteiger partial charge in [0, 0.05) is 30.5 Å². The molecule has 0 aromatic carbocycles. The van der Waals surface area contributed by atoms with Crippen LogP contribution in [0.3, 0.4) is 0 Å². The zero-order valence-corrected chi connectivity index (χ0v) is 16.6. The van der Waals surface area contributed by atoms with Crippen molar-refractivity contribution in [2.24, 2.45) is 0 Å². The van der Waals surface area contributed by atoms with Crippen LogP contribution in [0.1, 0.15) is 31.2 Å². The minimum atomic E-state index is -0.283. The van der Waals surface area contributed by atoms with Gasteiger partial charge in [0.25, 0.3) is 5.78 Å². The molecule has 27 heavy (non-hydrogen) atoms. The van der Waals surface area contributed by atoms with Crippen LogP contribution in [0.15, 0.2) is 11.2 Å². The molecule has 1 saturated heterocycles. The summed E-state index contributed by atoms with van der Waals surface area (Å²) in [5.41, 5.74) is 1.84. The number of carbonyl (C=O) groups excluding carboxylic acids is 2. The van der Waals surface area contributed by atoms with Crippen LogP contribution >= 0.6 is 11.8 Å². The van der Waals surface area contributed by atoms with Gasteiger partial charge in [-0.15, -0.1) is 5.10 Å². The average Bonchev–Trinajstić information content (AvgIpc) is 3.04. The van der Waals surface area contributed by atoms with Gasteiger partial charge in [-0.05, 0) is 39.7 Å². The number of thioether (sulfide) groups is 1. The first-order valence-electron chi connectivity index (χ1n) is 9.01. The Balaban J connectivity index is 1.47. The van der Waals surface area contributed by atoms with Crippen molar-refractivity contribution in [1.29, 1.82) is 0 Å². The number of nitrogens with zero attached hydrogens (tertiary/aromatic N) is 5. The van der Waals surface area contributed by atoms with E-state index in [9.17, 15) is 9.59 Å². The van der Waals surface area contributed by atoms with Crippen LogP contribution in [-0.2, 0) is 9.53 Å². The number of amides is 2. The summed E-state index contributed by atoms with van der Waals surface area (Å²) in [6, 6.07) is 2.01. The topological polar surface area (TPSA) is 102 Å². The highest BCUT2D eigenvalue weighted by Gasteiger charge is 2.24. The van der Waals surface area contributed by atoms with Crippen molar-refractivity contribution in [3.63, 3.8) is 0 Å². The number of likely N-dealkylation sites (tertiary alicyclic amines) is 1. The number of aromatic nitrogens is 4. The molecule has 3 rings (SSSR count). The van der Waals surface area contributed by atoms with Crippen LogP contribution < -0.4 is 5.32 Å². The van der Waals surface area contributed by atoms with Crippen LogP contribution in [0.4, 0.5) is 4.79 Å². The van der Waals surface area contributed by atoms with E-state index in [4.69, 9.17) is 4.74 Å². The van der Waals surface area contributed by atoms with E-state index in [1.807, 2.05) is 19.9 Å². The van der Waals surface area contributed by atoms with Crippen molar-refractivity contribution in [3.05, 3.63) is 17.5 Å². The molecule has 10 heteroatoms. The number of piperidine rings is 1. The van der Waals surface area contributed by atoms with E-state index in [0.717, 1.165) is 24.2 Å². The van der Waals surface area contributed by atoms with Gasteiger partial charge in [-0.1, -0.05) is 11.8 Å². The van der Waals surface area contributed by atoms with Gasteiger partial charge >= 0.3 is 6.09 Å². The zero-order valence-electron chi connectivity index (χ0n) is 15.8. The van der Waals surface area contributed by atoms with E-state index < -0.39 is 0 Å². The van der Waals surface area contributed by atoms with Crippen molar-refractivity contribution in [2.75, 3.05) is 25.4 Å². The molecule has 1 aliphatic heterocycles. The minimum Gasteiger partial charge on any atom is -0.450 e. The van der Waals surface area contributed by atoms with Gasteiger partial charge in [-0.3, -0.25) is 4.79 Å². The molecule has 1 fully saturated rings. The molecule has 0 atom stereocenters. The maximum atomic E-state index is 12.2. The van der Waals surface area contributed by atoms with E-state index in [0.29, 0.717) is 30.6 Å². The fourth-order valence-corrected chi connectivity index (χ4v) is 3.66. The van der Waals surface area contributed by atoms with Gasteiger partial charge in [-0.2, -0.15) is 4.98 Å². The number of ether oxygens (including phenoxy) is 1. The monoisotopic (exact) mass is 392 g/mol. The fraction of sp³-hybridized carbons (Fsp3) is 0.588. The molecular weight excluding hydrogens is 368 g/mol. The van der Waals surface area contributed by atoms with E-state index >= 15 is 0 Å². The summed E-state index contributed by atoms with van der Waals surface area (Å²) in [7, 11) is 0. The summed E-state index contributed by atoms with van der Waals surface area (Å²) >= 11 is 1.29. The molecule has 0 spiro atoms. The second kappa shape index (κ2) is 8.55. The molecule has 0 radical (unpaired) electrons. The summed E-state index contributed by atoms with van der Waals surface area (Å²) in [4.78, 5) is 34.3. The van der Waals surface area contributed by atoms with Gasteiger partial charge in [0.2, 0.25) is 11.1 Å². The number of fused-ring (bicyclic) bond motifs is 1. The number of rotatable bonds is 5. The fourth-order valence-electron chi connectivity index (χ4n) is 3.03. The average molecular weight is 392 g/mol. The Morgan fingerprint density at radius 3 is 2.74 bits per heavy atom. The number of nitrogens with one attached hydrogen (secondary N) is 1. The van der Waals surface area contributed by atoms with Crippen molar-refractivity contribution in [2.45, 2.75) is 44.8 Å². The predicted molar refractivity (Wildman–Crippen MR) is 101 cm³/mol. The predicted octanol–water partition coefficient (Wildman–Crippen LogP) is 1.57. The molecule has 0 saturated carbocycles. The third-order valence-corrected chi connectivity index (χ3v) is 5.15. The third-order valence-electron chi connectivity index (χ3n) is 4.32. The first-order valence-corrected chi connectivity index (χ1v) is 9.99. The smallest absolute Gasteiger partial charge is 0.409 e. The standard InChI is InChI=1S/C17H24N6O3S/c1-4-26-17(25)22-7-5-13(6-8-22)19-14(24)10-27-16-20-15-18-11(2)9-12(3)23(15)21-16/h9,13H,4-8,10H2,1-3H3,(H,19,24). The van der Waals surface area contributed by atoms with Crippen LogP contribution in [0.2, 0.25) is 0 Å². The van der Waals surface area contributed by atoms with Crippen molar-refractivity contribution < 1.29 is 14.3 Å². The summed E-state index contributed by atoms with van der Waals surface area (Å²) in [5.74, 6) is 0.726. The molecule has 3 heterocycles. The molecule has 2 aromatic heterocycles. The molecule has 0 bridgehead atoms. The van der Waals surface area contributed by atoms with Crippen molar-refractivity contribution >= 4 is 29.5 Å². The van der Waals surface area contributed by atoms with Crippen LogP contribution in [0.5, 0.6) is 0 Å². The second-order valence-corrected chi connectivity index (χ2v) is 7.40. The maximum Gasteiger partial charge on any atom is 0.409 e. The van der Waals surface area contributed by atoms with Crippen LogP contribution in [0, 0.1) is 13.8 Å². The van der Waals surface area contributed by atoms with Gasteiger partial charge in [-0.25, -0.2) is 14.3 Å². The minimum absolute atomic E-state index is 0.0608. The Labute approximate surface area is 161 Å². The lowest BCUT2D eigenvalue weighted by atomic mass is 10.1. The molecular formula is C17H24N6O3S. The Kier molecular flexibility index (Phi) is 6.15. The molecule has 0 unspecified atom stereocenters. The first kappa shape index (κ1) is 19.4. The molecule has 0 aliphatic carbocycles. The van der Waals surface area contributed by atoms with Gasteiger partial charge in [0.05, 0.1) is 12.4 Å². The van der Waals surface area contributed by atoms with Crippen molar-refractivity contribution in [3.8, 4) is 0 Å². The highest BCUT2D eigenvalue weighted by atomic mass is 32.2. The summed E-state index contributed by atoms with van der Waals surface area (Å²) in [5, 5.41) is 7.94. The molecule has 1 aliphatic rings. The lowest BCUT2D eigenvalue weighted by Crippen LogP contribution is -2.47. The normalized spacial score (nSPS) is 15.1. The van der Waals surface area contributed by atoms with Crippen LogP contribution in [0.25, 0.3) is 5.78 Å². The Hall–Kier alpha value is -2.36. The maximum absolute atomic E-state index is 12.2. The number of carbonyl (C=O) groups is 2. The van der Waals surface area contributed by atoms with E-state index in [1.165, 1.54) is 11.8 Å². The van der Waals surface area contributed by atoms with E-state index in [1.54, 1.807) is 16.3 Å². The largest absolute Gasteiger partial charge is 0.450 e. The number of hydrogen-bond donors (Lipinski definition) is 1. The lowest BCUT2D eigenvalue weighted by molar-refractivity contribution is -0.119. The SMILES string of the molecule is CCOC(=O)N1CCC(NC(=O)CSc2nc3nc(C)cc(C)n3n2)CC1. The molecule has 2 aromatic rings. The molecule has 1 N–H and O–H groups in total. The van der Waals surface area contributed by atoms with Crippen LogP contribution in [-0.4, -0.2) is 68.0 Å². The highest BCUT2D eigenvalue weighted by molar-refractivity contribution is 7.99. The Bertz CT molecular complexity index is 831. The Morgan fingerprint density at radius 1 is 1.30 bits per heavy atom. The highest BCUT2D eigenvalue weighted by Crippen LogP contribution is 2.16. The first-order chi connectivity index (χ1) is 13.0. The van der Waals surface area contributed by atoms with Gasteiger partial charge in [0.15, 0.2) is 0 Å². The van der Waals surface area contributed by atoms with Crippen molar-refractivity contribution in [1.82, 2.24) is 29.8 Å². The third kappa shape index (κ3) is 4.88. The van der Waals surface area contributed by atoms with E-state index in [2.05, 4.69) is 20.4 Å². The molecule has 146 valence electrons. The molecule has 9 nitrogen and oxygen atoms in total. The zero-order chi connectivity index (χ0) is 19.4. The lowest BCUT2D eigenvalue weighted by Gasteiger charge is -2.31. The Morgan fingerprint density at radius 2 is 2.04 bits per heavy atom. The van der Waals surface area contributed by atoms with Gasteiger partial charge in [0.1, 0.15) is 0 Å². The number of aryl methyl sites for hydroxylation is 2.